The van der Waals surface area contributed by atoms with Crippen molar-refractivity contribution in [2.75, 3.05) is 48.4 Å². The van der Waals surface area contributed by atoms with Gasteiger partial charge in [-0.15, -0.1) is 0 Å². The zero-order valence-electron chi connectivity index (χ0n) is 20.4. The average Bonchev–Trinajstić information content (AvgIpc) is 2.92. The molecule has 0 unspecified atom stereocenters. The Morgan fingerprint density at radius 1 is 1.00 bits per heavy atom. The Balaban J connectivity index is 1.28. The molecule has 2 aromatic carbocycles. The van der Waals surface area contributed by atoms with E-state index in [0.717, 1.165) is 67.0 Å². The van der Waals surface area contributed by atoms with Gasteiger partial charge in [-0.3, -0.25) is 4.98 Å². The summed E-state index contributed by atoms with van der Waals surface area (Å²) in [5.74, 6) is 2.03. The molecule has 1 aliphatic rings. The molecule has 1 fully saturated rings. The molecular weight excluding hydrogens is 474 g/mol. The van der Waals surface area contributed by atoms with Crippen LogP contribution < -0.4 is 15.5 Å². The van der Waals surface area contributed by atoms with Crippen molar-refractivity contribution in [3.63, 3.8) is 0 Å². The van der Waals surface area contributed by atoms with Gasteiger partial charge >= 0.3 is 0 Å². The van der Waals surface area contributed by atoms with Crippen molar-refractivity contribution in [3.05, 3.63) is 71.1 Å². The second-order valence-electron chi connectivity index (χ2n) is 8.70. The second kappa shape index (κ2) is 11.5. The standard InChI is InChI=1S/C27H30ClN7O/c1-2-19-5-8-21(9-6-19)31-26-32-25(33-27(34-26)35-14-16-36-17-15-35)4-3-12-29-23-11-13-30-24-18-20(28)7-10-22(23)24/h5-11,13,18H,2-4,12,14-17H2,1H3,(H,29,30)(H,31,32,33,34). The monoisotopic (exact) mass is 503 g/mol. The van der Waals surface area contributed by atoms with Gasteiger partial charge in [-0.1, -0.05) is 30.7 Å². The van der Waals surface area contributed by atoms with Crippen LogP contribution in [0.2, 0.25) is 5.02 Å². The maximum Gasteiger partial charge on any atom is 0.232 e. The average molecular weight is 504 g/mol. The van der Waals surface area contributed by atoms with E-state index in [1.807, 2.05) is 24.3 Å². The molecule has 4 aromatic rings. The largest absolute Gasteiger partial charge is 0.384 e. The Hall–Kier alpha value is -3.49. The highest BCUT2D eigenvalue weighted by Crippen LogP contribution is 2.24. The first-order valence-electron chi connectivity index (χ1n) is 12.4. The Bertz CT molecular complexity index is 1310. The lowest BCUT2D eigenvalue weighted by Gasteiger charge is -2.27. The molecular formula is C27H30ClN7O. The number of nitrogens with zero attached hydrogens (tertiary/aromatic N) is 5. The van der Waals surface area contributed by atoms with E-state index in [1.54, 1.807) is 6.20 Å². The molecule has 186 valence electrons. The summed E-state index contributed by atoms with van der Waals surface area (Å²) in [6.45, 7) is 5.83. The third-order valence-electron chi connectivity index (χ3n) is 6.18. The maximum absolute atomic E-state index is 6.12. The predicted molar refractivity (Wildman–Crippen MR) is 146 cm³/mol. The van der Waals surface area contributed by atoms with Crippen molar-refractivity contribution in [1.29, 1.82) is 0 Å². The minimum atomic E-state index is 0.565. The highest BCUT2D eigenvalue weighted by Gasteiger charge is 2.17. The highest BCUT2D eigenvalue weighted by atomic mass is 35.5. The number of ether oxygens (including phenoxy) is 1. The Labute approximate surface area is 216 Å². The van der Waals surface area contributed by atoms with Crippen LogP contribution >= 0.6 is 11.6 Å². The molecule has 0 aliphatic carbocycles. The smallest absolute Gasteiger partial charge is 0.232 e. The van der Waals surface area contributed by atoms with Gasteiger partial charge in [0.15, 0.2) is 0 Å². The summed E-state index contributed by atoms with van der Waals surface area (Å²) in [5.41, 5.74) is 4.18. The second-order valence-corrected chi connectivity index (χ2v) is 9.14. The molecule has 1 saturated heterocycles. The minimum absolute atomic E-state index is 0.565. The number of hydrogen-bond donors (Lipinski definition) is 2. The van der Waals surface area contributed by atoms with E-state index in [9.17, 15) is 0 Å². The van der Waals surface area contributed by atoms with Crippen LogP contribution in [-0.4, -0.2) is 52.8 Å². The van der Waals surface area contributed by atoms with Crippen molar-refractivity contribution in [2.24, 2.45) is 0 Å². The molecule has 8 nitrogen and oxygen atoms in total. The third kappa shape index (κ3) is 6.01. The van der Waals surface area contributed by atoms with Crippen molar-refractivity contribution in [2.45, 2.75) is 26.2 Å². The van der Waals surface area contributed by atoms with Crippen molar-refractivity contribution in [1.82, 2.24) is 19.9 Å². The van der Waals surface area contributed by atoms with E-state index in [0.29, 0.717) is 30.1 Å². The first-order chi connectivity index (χ1) is 17.7. The molecule has 0 atom stereocenters. The highest BCUT2D eigenvalue weighted by molar-refractivity contribution is 6.31. The van der Waals surface area contributed by atoms with Crippen molar-refractivity contribution < 1.29 is 4.74 Å². The van der Waals surface area contributed by atoms with Gasteiger partial charge in [-0.05, 0) is 54.8 Å². The lowest BCUT2D eigenvalue weighted by molar-refractivity contribution is 0.122. The van der Waals surface area contributed by atoms with E-state index in [4.69, 9.17) is 31.3 Å². The van der Waals surface area contributed by atoms with Crippen LogP contribution in [0.3, 0.4) is 0 Å². The number of anilines is 4. The molecule has 0 spiro atoms. The van der Waals surface area contributed by atoms with Crippen LogP contribution in [0.1, 0.15) is 24.7 Å². The van der Waals surface area contributed by atoms with Gasteiger partial charge in [-0.25, -0.2) is 0 Å². The molecule has 3 heterocycles. The number of benzene rings is 2. The molecule has 0 radical (unpaired) electrons. The van der Waals surface area contributed by atoms with E-state index in [1.165, 1.54) is 5.56 Å². The molecule has 0 amide bonds. The zero-order chi connectivity index (χ0) is 24.7. The van der Waals surface area contributed by atoms with Crippen LogP contribution in [0.5, 0.6) is 0 Å². The van der Waals surface area contributed by atoms with Gasteiger partial charge in [0.2, 0.25) is 11.9 Å². The number of halogens is 1. The van der Waals surface area contributed by atoms with Crippen molar-refractivity contribution >= 4 is 45.8 Å². The van der Waals surface area contributed by atoms with Crippen molar-refractivity contribution in [3.8, 4) is 0 Å². The van der Waals surface area contributed by atoms with Gasteiger partial charge in [0, 0.05) is 54.0 Å². The number of hydrogen-bond acceptors (Lipinski definition) is 8. The molecule has 2 aromatic heterocycles. The summed E-state index contributed by atoms with van der Waals surface area (Å²) in [7, 11) is 0. The number of aromatic nitrogens is 4. The molecule has 0 bridgehead atoms. The SMILES string of the molecule is CCc1ccc(Nc2nc(CCCNc3ccnc4cc(Cl)ccc34)nc(N3CCOCC3)n2)cc1. The van der Waals surface area contributed by atoms with Gasteiger partial charge in [0.05, 0.1) is 18.7 Å². The van der Waals surface area contributed by atoms with E-state index >= 15 is 0 Å². The van der Waals surface area contributed by atoms with Crippen LogP contribution in [0.4, 0.5) is 23.3 Å². The minimum Gasteiger partial charge on any atom is -0.384 e. The lowest BCUT2D eigenvalue weighted by Crippen LogP contribution is -2.37. The number of rotatable bonds is 9. The number of pyridine rings is 1. The first-order valence-corrected chi connectivity index (χ1v) is 12.8. The summed E-state index contributed by atoms with van der Waals surface area (Å²) in [4.78, 5) is 20.8. The lowest BCUT2D eigenvalue weighted by atomic mass is 10.1. The van der Waals surface area contributed by atoms with Crippen LogP contribution in [0.25, 0.3) is 10.9 Å². The topological polar surface area (TPSA) is 88.1 Å². The van der Waals surface area contributed by atoms with E-state index < -0.39 is 0 Å². The van der Waals surface area contributed by atoms with Crippen LogP contribution in [0.15, 0.2) is 54.7 Å². The third-order valence-corrected chi connectivity index (χ3v) is 6.41. The zero-order valence-corrected chi connectivity index (χ0v) is 21.1. The van der Waals surface area contributed by atoms with E-state index in [2.05, 4.69) is 51.7 Å². The van der Waals surface area contributed by atoms with Crippen LogP contribution in [-0.2, 0) is 17.6 Å². The summed E-state index contributed by atoms with van der Waals surface area (Å²) in [6, 6.07) is 16.1. The fourth-order valence-electron chi connectivity index (χ4n) is 4.18. The van der Waals surface area contributed by atoms with Gasteiger partial charge in [0.25, 0.3) is 0 Å². The quantitative estimate of drug-likeness (QED) is 0.299. The molecule has 5 rings (SSSR count). The first kappa shape index (κ1) is 24.2. The molecule has 2 N–H and O–H groups in total. The Morgan fingerprint density at radius 2 is 1.83 bits per heavy atom. The predicted octanol–water partition coefficient (Wildman–Crippen LogP) is 5.26. The number of aryl methyl sites for hydroxylation is 2. The van der Waals surface area contributed by atoms with Gasteiger partial charge < -0.3 is 20.3 Å². The Morgan fingerprint density at radius 3 is 2.64 bits per heavy atom. The fraction of sp³-hybridized carbons (Fsp3) is 0.333. The summed E-state index contributed by atoms with van der Waals surface area (Å²) < 4.78 is 5.51. The number of morpholine rings is 1. The van der Waals surface area contributed by atoms with Gasteiger partial charge in [-0.2, -0.15) is 15.0 Å². The summed E-state index contributed by atoms with van der Waals surface area (Å²) in [6.07, 6.45) is 4.40. The summed E-state index contributed by atoms with van der Waals surface area (Å²) >= 11 is 6.12. The molecule has 0 saturated carbocycles. The molecule has 36 heavy (non-hydrogen) atoms. The molecule has 1 aliphatic heterocycles. The molecule has 9 heteroatoms. The number of fused-ring (bicyclic) bond motifs is 1. The fourth-order valence-corrected chi connectivity index (χ4v) is 4.34. The van der Waals surface area contributed by atoms with Gasteiger partial charge in [0.1, 0.15) is 5.82 Å². The summed E-state index contributed by atoms with van der Waals surface area (Å²) in [5, 5.41) is 8.62. The Kier molecular flexibility index (Phi) is 7.73. The number of nitrogens with one attached hydrogen (secondary N) is 2. The van der Waals surface area contributed by atoms with Crippen LogP contribution in [0, 0.1) is 0 Å². The maximum atomic E-state index is 6.12. The normalized spacial score (nSPS) is 13.7. The van der Waals surface area contributed by atoms with E-state index in [-0.39, 0.29) is 0 Å².